The van der Waals surface area contributed by atoms with Crippen molar-refractivity contribution in [2.45, 2.75) is 129 Å². The molecule has 14 heteroatoms. The number of nitrogens with one attached hydrogen (secondary N) is 1. The number of fused-ring (bicyclic) bond motifs is 4. The number of rotatable bonds is 10. The summed E-state index contributed by atoms with van der Waals surface area (Å²) >= 11 is 0. The van der Waals surface area contributed by atoms with Crippen molar-refractivity contribution in [3.63, 3.8) is 0 Å². The van der Waals surface area contributed by atoms with Crippen LogP contribution in [0.4, 0.5) is 0 Å². The molecule has 5 aliphatic rings. The zero-order valence-electron chi connectivity index (χ0n) is 35.3. The molecule has 1 heterocycles. The van der Waals surface area contributed by atoms with Crippen LogP contribution in [-0.4, -0.2) is 94.1 Å². The van der Waals surface area contributed by atoms with Gasteiger partial charge in [0.1, 0.15) is 23.9 Å². The molecule has 2 aromatic rings. The van der Waals surface area contributed by atoms with Crippen LogP contribution in [0.5, 0.6) is 0 Å². The molecule has 1 saturated heterocycles. The lowest BCUT2D eigenvalue weighted by Crippen LogP contribution is -2.78. The topological polar surface area (TPSA) is 201 Å². The predicted molar refractivity (Wildman–Crippen MR) is 212 cm³/mol. The van der Waals surface area contributed by atoms with Crippen molar-refractivity contribution >= 4 is 35.6 Å². The Kier molecular flexibility index (Phi) is 10.9. The molecule has 322 valence electrons. The average Bonchev–Trinajstić information content (AvgIpc) is 3.90. The standard InChI is InChI=1S/C46H55NO13/c1-24-30(58-41(54)35(51)34(27-15-11-9-12-16-27)47-32(50)22-42(4,5)6)21-46(55)39(59-40(53)28-17-13-10-14-18-28)37-44(38(52)36(57-25(2)48)33(24)43(46,7)8)20-29(44)19-31-45(37,23-56-31)60-26(3)49/h9-18,29-31,34-37,39,51,55H,19-23H2,1-8H3,(H,47,50)/t29-,30+,31-,34+,35-,36-,37+,39+,44-,45+,46-/m1/s1. The van der Waals surface area contributed by atoms with Crippen LogP contribution < -0.4 is 5.32 Å². The maximum absolute atomic E-state index is 15.5. The second kappa shape index (κ2) is 15.2. The number of aliphatic hydroxyl groups is 2. The molecule has 14 nitrogen and oxygen atoms in total. The molecular weight excluding hydrogens is 774 g/mol. The summed E-state index contributed by atoms with van der Waals surface area (Å²) in [4.78, 5) is 83.1. The highest BCUT2D eigenvalue weighted by molar-refractivity contribution is 5.97. The summed E-state index contributed by atoms with van der Waals surface area (Å²) in [6.45, 7) is 12.8. The number of hydrogen-bond donors (Lipinski definition) is 3. The molecular formula is C46H55NO13. The molecule has 4 fully saturated rings. The molecule has 2 bridgehead atoms. The van der Waals surface area contributed by atoms with E-state index < -0.39 is 112 Å². The number of carbonyl (C=O) groups excluding carboxylic acids is 6. The van der Waals surface area contributed by atoms with E-state index in [-0.39, 0.29) is 42.1 Å². The number of ether oxygens (including phenoxy) is 5. The van der Waals surface area contributed by atoms with Gasteiger partial charge in [0.05, 0.1) is 24.1 Å². The molecule has 0 aromatic heterocycles. The highest BCUT2D eigenvalue weighted by Crippen LogP contribution is 2.74. The van der Waals surface area contributed by atoms with Crippen LogP contribution in [0.1, 0.15) is 103 Å². The van der Waals surface area contributed by atoms with Crippen molar-refractivity contribution in [1.82, 2.24) is 5.32 Å². The summed E-state index contributed by atoms with van der Waals surface area (Å²) in [5.41, 5.74) is -6.10. The Labute approximate surface area is 349 Å². The summed E-state index contributed by atoms with van der Waals surface area (Å²) in [5.74, 6) is -5.93. The van der Waals surface area contributed by atoms with Gasteiger partial charge in [0.25, 0.3) is 0 Å². The Balaban J connectivity index is 1.37. The van der Waals surface area contributed by atoms with Gasteiger partial charge in [0.2, 0.25) is 5.91 Å². The molecule has 1 spiro atoms. The molecule has 1 amide bonds. The molecule has 1 aliphatic heterocycles. The molecule has 3 N–H and O–H groups in total. The van der Waals surface area contributed by atoms with Crippen LogP contribution in [0, 0.1) is 28.1 Å². The highest BCUT2D eigenvalue weighted by Gasteiger charge is 2.84. The Morgan fingerprint density at radius 3 is 2.12 bits per heavy atom. The molecule has 2 aromatic carbocycles. The summed E-state index contributed by atoms with van der Waals surface area (Å²) in [5, 5.41) is 28.2. The van der Waals surface area contributed by atoms with Gasteiger partial charge in [0.15, 0.2) is 23.6 Å². The number of aliphatic hydroxyl groups excluding tert-OH is 1. The van der Waals surface area contributed by atoms with Gasteiger partial charge in [-0.05, 0) is 59.9 Å². The van der Waals surface area contributed by atoms with Gasteiger partial charge >= 0.3 is 23.9 Å². The van der Waals surface area contributed by atoms with Crippen LogP contribution in [0.25, 0.3) is 0 Å². The van der Waals surface area contributed by atoms with Crippen molar-refractivity contribution in [2.24, 2.45) is 28.1 Å². The fraction of sp³-hybridized carbons (Fsp3) is 0.565. The van der Waals surface area contributed by atoms with Gasteiger partial charge in [-0.1, -0.05) is 83.1 Å². The minimum absolute atomic E-state index is 0.0902. The van der Waals surface area contributed by atoms with Crippen molar-refractivity contribution in [3.05, 3.63) is 82.9 Å². The molecule has 60 heavy (non-hydrogen) atoms. The lowest BCUT2D eigenvalue weighted by atomic mass is 9.48. The van der Waals surface area contributed by atoms with E-state index in [1.165, 1.54) is 6.92 Å². The molecule has 7 rings (SSSR count). The Morgan fingerprint density at radius 1 is 0.917 bits per heavy atom. The zero-order chi connectivity index (χ0) is 43.7. The van der Waals surface area contributed by atoms with E-state index in [0.717, 1.165) is 6.92 Å². The van der Waals surface area contributed by atoms with E-state index in [1.807, 2.05) is 20.8 Å². The third kappa shape index (κ3) is 7.13. The van der Waals surface area contributed by atoms with E-state index in [1.54, 1.807) is 81.4 Å². The summed E-state index contributed by atoms with van der Waals surface area (Å²) in [7, 11) is 0. The molecule has 0 radical (unpaired) electrons. The van der Waals surface area contributed by atoms with E-state index in [4.69, 9.17) is 23.7 Å². The second-order valence-corrected chi connectivity index (χ2v) is 19.0. The minimum atomic E-state index is -2.23. The SMILES string of the molecule is CC(=O)O[C@H]1C(=O)[C@]23C[C@H]2C[C@H]2OC[C@@]2(OC(C)=O)[C@H]3[C@H](OC(=O)c2ccccc2)[C@]2(O)C[C@H](OC(=O)[C@H](O)[C@@H](NC(=O)CC(C)(C)C)c3ccccc3)C(C)=C1C2(C)C. The first-order chi connectivity index (χ1) is 28.1. The monoisotopic (exact) mass is 829 g/mol. The van der Waals surface area contributed by atoms with Crippen LogP contribution >= 0.6 is 0 Å². The van der Waals surface area contributed by atoms with Crippen molar-refractivity contribution in [1.29, 1.82) is 0 Å². The fourth-order valence-corrected chi connectivity index (χ4v) is 10.7. The number of hydrogen-bond acceptors (Lipinski definition) is 13. The molecule has 11 atom stereocenters. The van der Waals surface area contributed by atoms with Crippen LogP contribution in [-0.2, 0) is 47.7 Å². The lowest BCUT2D eigenvalue weighted by molar-refractivity contribution is -0.323. The van der Waals surface area contributed by atoms with Crippen LogP contribution in [0.2, 0.25) is 0 Å². The smallest absolute Gasteiger partial charge is 0.338 e. The molecule has 3 saturated carbocycles. The first-order valence-corrected chi connectivity index (χ1v) is 20.5. The van der Waals surface area contributed by atoms with Gasteiger partial charge in [-0.15, -0.1) is 0 Å². The highest BCUT2D eigenvalue weighted by atomic mass is 16.6. The summed E-state index contributed by atoms with van der Waals surface area (Å²) in [6.07, 6.45) is -6.98. The Morgan fingerprint density at radius 2 is 1.55 bits per heavy atom. The van der Waals surface area contributed by atoms with Crippen LogP contribution in [0.3, 0.4) is 0 Å². The number of amides is 1. The minimum Gasteiger partial charge on any atom is -0.456 e. The van der Waals surface area contributed by atoms with Gasteiger partial charge in [0, 0.05) is 37.5 Å². The van der Waals surface area contributed by atoms with E-state index in [0.29, 0.717) is 12.0 Å². The molecule has 0 unspecified atom stereocenters. The quantitative estimate of drug-likeness (QED) is 0.172. The normalized spacial score (nSPS) is 33.4. The van der Waals surface area contributed by atoms with Crippen molar-refractivity contribution in [2.75, 3.05) is 6.61 Å². The predicted octanol–water partition coefficient (Wildman–Crippen LogP) is 4.50. The number of benzene rings is 2. The van der Waals surface area contributed by atoms with Gasteiger partial charge in [-0.2, -0.15) is 0 Å². The third-order valence-corrected chi connectivity index (χ3v) is 13.5. The lowest BCUT2D eigenvalue weighted by Gasteiger charge is -2.64. The van der Waals surface area contributed by atoms with Crippen LogP contribution in [0.15, 0.2) is 71.8 Å². The van der Waals surface area contributed by atoms with Crippen molar-refractivity contribution < 1.29 is 62.7 Å². The fourth-order valence-electron chi connectivity index (χ4n) is 10.7. The number of ketones is 1. The van der Waals surface area contributed by atoms with Gasteiger partial charge in [-0.25, -0.2) is 9.59 Å². The van der Waals surface area contributed by atoms with Gasteiger partial charge in [-0.3, -0.25) is 19.2 Å². The summed E-state index contributed by atoms with van der Waals surface area (Å²) in [6, 6.07) is 15.3. The molecule has 4 aliphatic carbocycles. The number of carbonyl (C=O) groups is 6. The zero-order valence-corrected chi connectivity index (χ0v) is 35.3. The third-order valence-electron chi connectivity index (χ3n) is 13.5. The van der Waals surface area contributed by atoms with Gasteiger partial charge < -0.3 is 39.2 Å². The maximum Gasteiger partial charge on any atom is 0.338 e. The Hall–Kier alpha value is -4.92. The average molecular weight is 830 g/mol. The largest absolute Gasteiger partial charge is 0.456 e. The number of Topliss-reactive ketones (excluding diaryl/α,β-unsaturated/α-hetero) is 1. The van der Waals surface area contributed by atoms with E-state index >= 15 is 4.79 Å². The van der Waals surface area contributed by atoms with E-state index in [9.17, 15) is 34.2 Å². The Bertz CT molecular complexity index is 2110. The maximum atomic E-state index is 15.5. The first kappa shape index (κ1) is 43.2. The first-order valence-electron chi connectivity index (χ1n) is 20.5. The van der Waals surface area contributed by atoms with Crippen molar-refractivity contribution in [3.8, 4) is 0 Å². The van der Waals surface area contributed by atoms with E-state index in [2.05, 4.69) is 5.32 Å². The number of esters is 4. The second-order valence-electron chi connectivity index (χ2n) is 19.0. The summed E-state index contributed by atoms with van der Waals surface area (Å²) < 4.78 is 30.7.